The molecule has 28 heavy (non-hydrogen) atoms. The molecule has 0 radical (unpaired) electrons. The number of nitrogens with zero attached hydrogens (tertiary/aromatic N) is 3. The summed E-state index contributed by atoms with van der Waals surface area (Å²) in [5.41, 5.74) is -10.7. The van der Waals surface area contributed by atoms with Crippen LogP contribution in [0, 0.1) is 10.1 Å². The fraction of sp³-hybridized carbons (Fsp3) is 0.231. The Morgan fingerprint density at radius 3 is 2.11 bits per heavy atom. The highest BCUT2D eigenvalue weighted by Gasteiger charge is 2.41. The Labute approximate surface area is 153 Å². The second-order valence-corrected chi connectivity index (χ2v) is 5.47. The predicted octanol–water partition coefficient (Wildman–Crippen LogP) is 4.77. The van der Waals surface area contributed by atoms with Crippen LogP contribution in [0.1, 0.15) is 23.2 Å². The first-order valence-electron chi connectivity index (χ1n) is 6.68. The summed E-state index contributed by atoms with van der Waals surface area (Å²) in [4.78, 5) is 24.5. The van der Waals surface area contributed by atoms with Gasteiger partial charge in [-0.1, -0.05) is 11.6 Å². The van der Waals surface area contributed by atoms with Crippen molar-refractivity contribution in [1.82, 2.24) is 9.55 Å². The summed E-state index contributed by atoms with van der Waals surface area (Å²) < 4.78 is 103. The molecule has 0 atom stereocenters. The van der Waals surface area contributed by atoms with Crippen molar-refractivity contribution in [2.45, 2.75) is 18.8 Å². The molecule has 0 aliphatic carbocycles. The van der Waals surface area contributed by atoms with Crippen LogP contribution in [0.25, 0.3) is 5.69 Å². The molecule has 2 rings (SSSR count). The van der Waals surface area contributed by atoms with Crippen molar-refractivity contribution in [3.05, 3.63) is 60.8 Å². The number of alkyl halides is 8. The lowest BCUT2D eigenvalue weighted by Gasteiger charge is -2.15. The summed E-state index contributed by atoms with van der Waals surface area (Å²) in [6, 6.07) is 0.101. The van der Waals surface area contributed by atoms with Gasteiger partial charge >= 0.3 is 12.4 Å². The van der Waals surface area contributed by atoms with E-state index in [1.165, 1.54) is 0 Å². The van der Waals surface area contributed by atoms with Crippen molar-refractivity contribution < 1.29 is 40.0 Å². The zero-order chi connectivity index (χ0) is 21.6. The molecule has 0 aliphatic rings. The molecule has 0 bridgehead atoms. The van der Waals surface area contributed by atoms with Crippen LogP contribution in [0.2, 0.25) is 5.02 Å². The van der Waals surface area contributed by atoms with Gasteiger partial charge < -0.3 is 0 Å². The first kappa shape index (κ1) is 21.5. The number of benzene rings is 1. The standard InChI is InChI=1S/C13H4ClF8N3O3/c14-5-1-4(12(17,18)19)2-6(25(27)28)8(5)24-3-23-9(13(20,21)22)7(10(15)16)11(24)26/h1-3,10H. The molecule has 15 heteroatoms. The van der Waals surface area contributed by atoms with Gasteiger partial charge in [0.2, 0.25) is 0 Å². The van der Waals surface area contributed by atoms with Gasteiger partial charge in [-0.25, -0.2) is 13.8 Å². The molecule has 2 aromatic rings. The first-order valence-corrected chi connectivity index (χ1v) is 7.06. The van der Waals surface area contributed by atoms with Crippen LogP contribution in [0.3, 0.4) is 0 Å². The van der Waals surface area contributed by atoms with Crippen molar-refractivity contribution in [2.24, 2.45) is 0 Å². The molecule has 0 spiro atoms. The molecular weight excluding hydrogens is 434 g/mol. The zero-order valence-electron chi connectivity index (χ0n) is 12.8. The highest BCUT2D eigenvalue weighted by molar-refractivity contribution is 6.33. The molecule has 1 heterocycles. The lowest BCUT2D eigenvalue weighted by molar-refractivity contribution is -0.384. The molecule has 0 aliphatic heterocycles. The molecule has 0 amide bonds. The minimum absolute atomic E-state index is 0.0124. The van der Waals surface area contributed by atoms with E-state index >= 15 is 0 Å². The minimum atomic E-state index is -5.46. The van der Waals surface area contributed by atoms with Gasteiger partial charge in [-0.3, -0.25) is 19.5 Å². The van der Waals surface area contributed by atoms with E-state index in [4.69, 9.17) is 11.6 Å². The smallest absolute Gasteiger partial charge is 0.268 e. The molecule has 1 aromatic carbocycles. The van der Waals surface area contributed by atoms with E-state index in [2.05, 4.69) is 4.98 Å². The molecule has 0 N–H and O–H groups in total. The highest BCUT2D eigenvalue weighted by atomic mass is 35.5. The fourth-order valence-electron chi connectivity index (χ4n) is 2.18. The Balaban J connectivity index is 2.91. The van der Waals surface area contributed by atoms with Crippen LogP contribution in [0.15, 0.2) is 23.3 Å². The third-order valence-corrected chi connectivity index (χ3v) is 3.59. The minimum Gasteiger partial charge on any atom is -0.268 e. The van der Waals surface area contributed by atoms with Gasteiger partial charge in [0.05, 0.1) is 15.5 Å². The average molecular weight is 438 g/mol. The van der Waals surface area contributed by atoms with Crippen LogP contribution < -0.4 is 5.56 Å². The Morgan fingerprint density at radius 2 is 1.68 bits per heavy atom. The van der Waals surface area contributed by atoms with E-state index in [9.17, 15) is 50.0 Å². The topological polar surface area (TPSA) is 78.0 Å². The van der Waals surface area contributed by atoms with E-state index < -0.39 is 62.5 Å². The number of nitro benzene ring substituents is 1. The van der Waals surface area contributed by atoms with Gasteiger partial charge in [0, 0.05) is 6.07 Å². The van der Waals surface area contributed by atoms with E-state index in [0.29, 0.717) is 0 Å². The maximum atomic E-state index is 13.0. The summed E-state index contributed by atoms with van der Waals surface area (Å²) in [5.74, 6) is 0. The largest absolute Gasteiger partial charge is 0.434 e. The lowest BCUT2D eigenvalue weighted by Crippen LogP contribution is -2.29. The molecule has 152 valence electrons. The predicted molar refractivity (Wildman–Crippen MR) is 76.5 cm³/mol. The normalized spacial score (nSPS) is 12.5. The lowest BCUT2D eigenvalue weighted by atomic mass is 10.1. The van der Waals surface area contributed by atoms with Crippen molar-refractivity contribution in [3.8, 4) is 5.69 Å². The number of hydrogen-bond donors (Lipinski definition) is 0. The monoisotopic (exact) mass is 437 g/mol. The van der Waals surface area contributed by atoms with Crippen LogP contribution in [-0.4, -0.2) is 14.5 Å². The molecule has 6 nitrogen and oxygen atoms in total. The van der Waals surface area contributed by atoms with Crippen molar-refractivity contribution in [2.75, 3.05) is 0 Å². The third-order valence-electron chi connectivity index (χ3n) is 3.30. The molecule has 1 aromatic heterocycles. The second-order valence-electron chi connectivity index (χ2n) is 5.06. The van der Waals surface area contributed by atoms with Crippen molar-refractivity contribution in [1.29, 1.82) is 0 Å². The number of halogens is 9. The highest BCUT2D eigenvalue weighted by Crippen LogP contribution is 2.39. The Hall–Kier alpha value is -2.77. The maximum absolute atomic E-state index is 13.0. The van der Waals surface area contributed by atoms with Gasteiger partial charge in [0.25, 0.3) is 17.7 Å². The van der Waals surface area contributed by atoms with Crippen LogP contribution in [0.4, 0.5) is 40.8 Å². The van der Waals surface area contributed by atoms with Crippen molar-refractivity contribution in [3.63, 3.8) is 0 Å². The Kier molecular flexibility index (Phi) is 5.38. The van der Waals surface area contributed by atoms with Crippen LogP contribution in [-0.2, 0) is 12.4 Å². The third kappa shape index (κ3) is 3.90. The maximum Gasteiger partial charge on any atom is 0.434 e. The van der Waals surface area contributed by atoms with Crippen molar-refractivity contribution >= 4 is 17.3 Å². The van der Waals surface area contributed by atoms with Gasteiger partial charge in [0.15, 0.2) is 5.69 Å². The summed E-state index contributed by atoms with van der Waals surface area (Å²) in [6.07, 6.45) is -14.5. The quantitative estimate of drug-likeness (QED) is 0.394. The molecule has 0 fully saturated rings. The van der Waals surface area contributed by atoms with E-state index in [-0.39, 0.29) is 23.0 Å². The average Bonchev–Trinajstić information content (AvgIpc) is 2.52. The van der Waals surface area contributed by atoms with E-state index in [0.717, 1.165) is 0 Å². The fourth-order valence-corrected chi connectivity index (χ4v) is 2.48. The Bertz CT molecular complexity index is 1000. The van der Waals surface area contributed by atoms with E-state index in [1.54, 1.807) is 0 Å². The summed E-state index contributed by atoms with van der Waals surface area (Å²) in [5, 5.41) is 10.0. The zero-order valence-corrected chi connectivity index (χ0v) is 13.5. The summed E-state index contributed by atoms with van der Waals surface area (Å²) in [7, 11) is 0. The SMILES string of the molecule is O=c1c(C(F)F)c(C(F)(F)F)ncn1-c1c(Cl)cc(C(F)(F)F)cc1[N+](=O)[O-]. The molecule has 0 unspecified atom stereocenters. The van der Waals surface area contributed by atoms with E-state index in [1.807, 2.05) is 0 Å². The number of hydrogen-bond acceptors (Lipinski definition) is 4. The van der Waals surface area contributed by atoms with Gasteiger partial charge in [-0.2, -0.15) is 26.3 Å². The van der Waals surface area contributed by atoms with Gasteiger partial charge in [0.1, 0.15) is 17.6 Å². The van der Waals surface area contributed by atoms with Crippen LogP contribution in [0.5, 0.6) is 0 Å². The first-order chi connectivity index (χ1) is 12.7. The second kappa shape index (κ2) is 7.00. The van der Waals surface area contributed by atoms with Crippen LogP contribution >= 0.6 is 11.6 Å². The van der Waals surface area contributed by atoms with Gasteiger partial charge in [-0.05, 0) is 6.07 Å². The summed E-state index contributed by atoms with van der Waals surface area (Å²) in [6.45, 7) is 0. The Morgan fingerprint density at radius 1 is 1.11 bits per heavy atom. The molecular formula is C13H4ClF8N3O3. The summed E-state index contributed by atoms with van der Waals surface area (Å²) >= 11 is 5.55. The molecule has 0 saturated heterocycles. The number of aromatic nitrogens is 2. The van der Waals surface area contributed by atoms with Gasteiger partial charge in [-0.15, -0.1) is 0 Å². The molecule has 0 saturated carbocycles. The number of rotatable bonds is 3. The number of nitro groups is 1.